The summed E-state index contributed by atoms with van der Waals surface area (Å²) in [6, 6.07) is 0. The summed E-state index contributed by atoms with van der Waals surface area (Å²) in [4.78, 5) is 47.0. The number of nitrogens with zero attached hydrogens (tertiary/aromatic N) is 1. The van der Waals surface area contributed by atoms with Crippen LogP contribution in [0.25, 0.3) is 0 Å². The molecule has 0 aromatic heterocycles. The molecule has 5 saturated carbocycles. The first-order valence-electron chi connectivity index (χ1n) is 11.3. The largest absolute Gasteiger partial charge is 0.456 e. The Morgan fingerprint density at radius 3 is 2.33 bits per heavy atom. The molecule has 0 radical (unpaired) electrons. The van der Waals surface area contributed by atoms with E-state index in [1.165, 1.54) is 38.5 Å². The maximum absolute atomic E-state index is 12.3. The van der Waals surface area contributed by atoms with Crippen LogP contribution in [0.15, 0.2) is 0 Å². The number of amides is 1. The predicted molar refractivity (Wildman–Crippen MR) is 107 cm³/mol. The molecule has 1 N–H and O–H groups in total. The highest BCUT2D eigenvalue weighted by Gasteiger charge is 2.50. The Morgan fingerprint density at radius 1 is 1.17 bits per heavy atom. The van der Waals surface area contributed by atoms with E-state index in [0.29, 0.717) is 6.54 Å². The quantitative estimate of drug-likeness (QED) is 0.366. The molecule has 0 unspecified atom stereocenters. The Balaban J connectivity index is 1.22. The minimum Gasteiger partial charge on any atom is -0.456 e. The van der Waals surface area contributed by atoms with Gasteiger partial charge in [-0.15, -0.1) is 0 Å². The van der Waals surface area contributed by atoms with Gasteiger partial charge < -0.3 is 10.1 Å². The zero-order valence-electron chi connectivity index (χ0n) is 17.6. The Bertz CT molecular complexity index is 700. The van der Waals surface area contributed by atoms with Crippen molar-refractivity contribution in [1.82, 2.24) is 5.32 Å². The normalized spacial score (nSPS) is 39.2. The molecule has 1 amide bonds. The Hall–Kier alpha value is -1.99. The molecular weight excluding hydrogens is 388 g/mol. The second kappa shape index (κ2) is 8.27. The molecule has 5 fully saturated rings. The average molecular weight is 421 g/mol. The average Bonchev–Trinajstić information content (AvgIpc) is 2.90. The summed E-state index contributed by atoms with van der Waals surface area (Å²) in [6.45, 7) is 1.77. The molecule has 0 aromatic carbocycles. The van der Waals surface area contributed by atoms with Crippen LogP contribution in [0.5, 0.6) is 0 Å². The number of nitrogens with one attached hydrogen (secondary N) is 1. The van der Waals surface area contributed by atoms with Crippen molar-refractivity contribution in [3.05, 3.63) is 10.1 Å². The highest BCUT2D eigenvalue weighted by molar-refractivity contribution is 5.88. The van der Waals surface area contributed by atoms with Crippen LogP contribution in [0.3, 0.4) is 0 Å². The summed E-state index contributed by atoms with van der Waals surface area (Å²) in [5.74, 6) is 0.0888. The molecule has 8 nitrogen and oxygen atoms in total. The predicted octanol–water partition coefficient (Wildman–Crippen LogP) is 2.37. The van der Waals surface area contributed by atoms with Gasteiger partial charge in [0.15, 0.2) is 6.61 Å². The Kier molecular flexibility index (Phi) is 5.86. The van der Waals surface area contributed by atoms with Crippen molar-refractivity contribution in [2.24, 2.45) is 40.9 Å². The van der Waals surface area contributed by atoms with Crippen LogP contribution in [0.1, 0.15) is 58.3 Å². The van der Waals surface area contributed by atoms with Gasteiger partial charge in [-0.05, 0) is 67.6 Å². The van der Waals surface area contributed by atoms with Gasteiger partial charge in [-0.25, -0.2) is 0 Å². The van der Waals surface area contributed by atoms with E-state index in [9.17, 15) is 24.5 Å². The Labute approximate surface area is 176 Å². The molecule has 166 valence electrons. The number of carbonyl (C=O) groups is 3. The van der Waals surface area contributed by atoms with Crippen LogP contribution in [0, 0.1) is 51.0 Å². The van der Waals surface area contributed by atoms with Gasteiger partial charge in [0, 0.05) is 29.7 Å². The van der Waals surface area contributed by atoms with Crippen LogP contribution in [-0.2, 0) is 19.1 Å². The lowest BCUT2D eigenvalue weighted by Gasteiger charge is -2.56. The van der Waals surface area contributed by atoms with Crippen molar-refractivity contribution in [2.45, 2.75) is 58.3 Å². The lowest BCUT2D eigenvalue weighted by atomic mass is 9.49. The van der Waals surface area contributed by atoms with Gasteiger partial charge in [0.2, 0.25) is 6.54 Å². The smallest absolute Gasteiger partial charge is 0.307 e. The number of ether oxygens (including phenoxy) is 1. The van der Waals surface area contributed by atoms with Crippen LogP contribution in [-0.4, -0.2) is 42.3 Å². The summed E-state index contributed by atoms with van der Waals surface area (Å²) in [5.41, 5.74) is 0.219. The van der Waals surface area contributed by atoms with Crippen LogP contribution in [0.4, 0.5) is 0 Å². The zero-order valence-corrected chi connectivity index (χ0v) is 17.6. The zero-order chi connectivity index (χ0) is 21.5. The molecule has 5 rings (SSSR count). The number of Topliss-reactive ketones (excluding diaryl/α,β-unsaturated/α-hetero) is 1. The van der Waals surface area contributed by atoms with Crippen LogP contribution < -0.4 is 5.32 Å². The van der Waals surface area contributed by atoms with E-state index in [1.807, 2.05) is 0 Å². The molecule has 0 spiro atoms. The van der Waals surface area contributed by atoms with Gasteiger partial charge in [-0.2, -0.15) is 0 Å². The van der Waals surface area contributed by atoms with Gasteiger partial charge in [0.1, 0.15) is 5.78 Å². The molecule has 4 bridgehead atoms. The molecular formula is C22H32N2O6. The molecule has 30 heavy (non-hydrogen) atoms. The van der Waals surface area contributed by atoms with Gasteiger partial charge in [0.05, 0.1) is 6.42 Å². The van der Waals surface area contributed by atoms with E-state index in [4.69, 9.17) is 4.74 Å². The molecule has 8 heteroatoms. The topological polar surface area (TPSA) is 116 Å². The van der Waals surface area contributed by atoms with Crippen molar-refractivity contribution >= 4 is 17.7 Å². The molecule has 3 atom stereocenters. The molecule has 5 aliphatic carbocycles. The van der Waals surface area contributed by atoms with Crippen molar-refractivity contribution in [3.8, 4) is 0 Å². The van der Waals surface area contributed by atoms with E-state index in [-0.39, 0.29) is 49.0 Å². The summed E-state index contributed by atoms with van der Waals surface area (Å²) in [7, 11) is 0. The third-order valence-electron chi connectivity index (χ3n) is 8.12. The van der Waals surface area contributed by atoms with E-state index in [0.717, 1.165) is 17.8 Å². The highest BCUT2D eigenvalue weighted by Crippen LogP contribution is 2.59. The second-order valence-electron chi connectivity index (χ2n) is 10.5. The summed E-state index contributed by atoms with van der Waals surface area (Å²) in [5, 5.41) is 13.8. The number of rotatable bonds is 8. The number of nitro groups is 1. The van der Waals surface area contributed by atoms with Crippen molar-refractivity contribution in [3.63, 3.8) is 0 Å². The molecule has 0 aliphatic heterocycles. The maximum Gasteiger partial charge on any atom is 0.307 e. The first-order chi connectivity index (χ1) is 14.2. The lowest BCUT2D eigenvalue weighted by molar-refractivity contribution is -0.490. The first kappa shape index (κ1) is 21.2. The van der Waals surface area contributed by atoms with E-state index in [2.05, 4.69) is 5.32 Å². The van der Waals surface area contributed by atoms with Gasteiger partial charge in [-0.1, -0.05) is 6.92 Å². The van der Waals surface area contributed by atoms with Crippen molar-refractivity contribution in [1.29, 1.82) is 0 Å². The highest BCUT2D eigenvalue weighted by atomic mass is 16.6. The van der Waals surface area contributed by atoms with Gasteiger partial charge in [0.25, 0.3) is 5.91 Å². The molecule has 0 heterocycles. The molecule has 0 saturated heterocycles. The third kappa shape index (κ3) is 4.52. The first-order valence-corrected chi connectivity index (χ1v) is 11.3. The fraction of sp³-hybridized carbons (Fsp3) is 0.864. The summed E-state index contributed by atoms with van der Waals surface area (Å²) < 4.78 is 5.10. The standard InChI is InChI=1S/C22H32N2O6/c1-13-2-19(25)17(18(13)10-24(28)29)6-21(27)30-11-20(26)23-12-22-7-14-3-15(8-22)5-16(4-14)9-22/h13-18H,2-12H2,1H3,(H,23,26)/t13-,14?,15?,16?,17-,18+,22?/m0/s1. The third-order valence-corrected chi connectivity index (χ3v) is 8.12. The SMILES string of the molecule is C[C@H]1CC(=O)[C@@H](CC(=O)OCC(=O)NCC23CC4CC(CC(C4)C2)C3)[C@@H]1C[N+](=O)[O-]. The van der Waals surface area contributed by atoms with Gasteiger partial charge >= 0.3 is 5.97 Å². The number of hydrogen-bond acceptors (Lipinski definition) is 6. The van der Waals surface area contributed by atoms with Gasteiger partial charge in [-0.3, -0.25) is 24.5 Å². The lowest BCUT2D eigenvalue weighted by Crippen LogP contribution is -2.51. The van der Waals surface area contributed by atoms with Crippen molar-refractivity contribution in [2.75, 3.05) is 19.7 Å². The van der Waals surface area contributed by atoms with Crippen LogP contribution in [0.2, 0.25) is 0 Å². The Morgan fingerprint density at radius 2 is 1.77 bits per heavy atom. The van der Waals surface area contributed by atoms with Crippen molar-refractivity contribution < 1.29 is 24.0 Å². The second-order valence-corrected chi connectivity index (χ2v) is 10.5. The number of esters is 1. The number of hydrogen-bond donors (Lipinski definition) is 1. The van der Waals surface area contributed by atoms with E-state index >= 15 is 0 Å². The molecule has 0 aromatic rings. The summed E-state index contributed by atoms with van der Waals surface area (Å²) >= 11 is 0. The summed E-state index contributed by atoms with van der Waals surface area (Å²) in [6.07, 6.45) is 7.69. The number of carbonyl (C=O) groups excluding carboxylic acids is 3. The van der Waals surface area contributed by atoms with Crippen LogP contribution >= 0.6 is 0 Å². The molecule has 5 aliphatic rings. The van der Waals surface area contributed by atoms with E-state index in [1.54, 1.807) is 6.92 Å². The maximum atomic E-state index is 12.3. The number of ketones is 1. The fourth-order valence-electron chi connectivity index (χ4n) is 7.23. The minimum absolute atomic E-state index is 0.121. The minimum atomic E-state index is -0.687. The monoisotopic (exact) mass is 420 g/mol. The van der Waals surface area contributed by atoms with E-state index < -0.39 is 22.7 Å². The fourth-order valence-corrected chi connectivity index (χ4v) is 7.23.